The summed E-state index contributed by atoms with van der Waals surface area (Å²) in [6.45, 7) is 2.80. The number of carbonyl (C=O) groups is 2. The van der Waals surface area contributed by atoms with Gasteiger partial charge in [-0.1, -0.05) is 6.92 Å². The Labute approximate surface area is 129 Å². The molecule has 1 heterocycles. The van der Waals surface area contributed by atoms with Crippen LogP contribution in [0.3, 0.4) is 0 Å². The van der Waals surface area contributed by atoms with Crippen molar-refractivity contribution < 1.29 is 24.2 Å². The first kappa shape index (κ1) is 16.3. The lowest BCUT2D eigenvalue weighted by Gasteiger charge is -2.24. The quantitative estimate of drug-likeness (QED) is 0.867. The molecule has 1 aliphatic heterocycles. The fraction of sp³-hybridized carbons (Fsp3) is 0.500. The standard InChI is InChI=1S/C16H21NO5/c1-3-15(18)17-9-14(21-2)8-12(17)10-22-13-6-4-11(5-7-13)16(19)20/h4-7,12,14H,3,8-10H2,1-2H3,(H,19,20)/t12-,14+/m0/s1. The monoisotopic (exact) mass is 307 g/mol. The van der Waals surface area contributed by atoms with E-state index in [1.807, 2.05) is 6.92 Å². The van der Waals surface area contributed by atoms with Gasteiger partial charge in [-0.3, -0.25) is 4.79 Å². The summed E-state index contributed by atoms with van der Waals surface area (Å²) >= 11 is 0. The lowest BCUT2D eigenvalue weighted by molar-refractivity contribution is -0.132. The van der Waals surface area contributed by atoms with Crippen LogP contribution in [0.2, 0.25) is 0 Å². The number of hydrogen-bond donors (Lipinski definition) is 1. The molecule has 1 amide bonds. The second-order valence-electron chi connectivity index (χ2n) is 5.29. The molecular formula is C16H21NO5. The van der Waals surface area contributed by atoms with E-state index in [1.165, 1.54) is 12.1 Å². The summed E-state index contributed by atoms with van der Waals surface area (Å²) in [5, 5.41) is 8.86. The summed E-state index contributed by atoms with van der Waals surface area (Å²) in [4.78, 5) is 24.6. The summed E-state index contributed by atoms with van der Waals surface area (Å²) in [5.41, 5.74) is 0.218. The van der Waals surface area contributed by atoms with Crippen molar-refractivity contribution in [1.82, 2.24) is 4.90 Å². The molecule has 1 saturated heterocycles. The molecule has 2 atom stereocenters. The second kappa shape index (κ2) is 7.26. The third kappa shape index (κ3) is 3.76. The Hall–Kier alpha value is -2.08. The van der Waals surface area contributed by atoms with E-state index in [4.69, 9.17) is 14.6 Å². The van der Waals surface area contributed by atoms with E-state index in [-0.39, 0.29) is 23.6 Å². The Morgan fingerprint density at radius 2 is 2.00 bits per heavy atom. The Morgan fingerprint density at radius 1 is 1.32 bits per heavy atom. The molecule has 1 aromatic carbocycles. The van der Waals surface area contributed by atoms with E-state index in [0.29, 0.717) is 25.3 Å². The normalized spacial score (nSPS) is 20.9. The molecule has 1 fully saturated rings. The van der Waals surface area contributed by atoms with Crippen LogP contribution in [0.1, 0.15) is 30.1 Å². The average Bonchev–Trinajstić information content (AvgIpc) is 2.96. The van der Waals surface area contributed by atoms with Gasteiger partial charge in [-0.2, -0.15) is 0 Å². The predicted molar refractivity (Wildman–Crippen MR) is 80.1 cm³/mol. The Morgan fingerprint density at radius 3 is 2.55 bits per heavy atom. The zero-order chi connectivity index (χ0) is 16.1. The first-order valence-corrected chi connectivity index (χ1v) is 7.33. The van der Waals surface area contributed by atoms with Gasteiger partial charge in [-0.25, -0.2) is 4.79 Å². The Bertz CT molecular complexity index is 528. The molecule has 0 spiro atoms. The molecule has 0 aromatic heterocycles. The summed E-state index contributed by atoms with van der Waals surface area (Å²) in [6.07, 6.45) is 1.24. The maximum Gasteiger partial charge on any atom is 0.335 e. The number of hydrogen-bond acceptors (Lipinski definition) is 4. The van der Waals surface area contributed by atoms with Crippen LogP contribution in [0.5, 0.6) is 5.75 Å². The number of aromatic carboxylic acids is 1. The van der Waals surface area contributed by atoms with Gasteiger partial charge in [0.05, 0.1) is 17.7 Å². The van der Waals surface area contributed by atoms with Crippen LogP contribution in [-0.2, 0) is 9.53 Å². The van der Waals surface area contributed by atoms with Crippen molar-refractivity contribution in [3.63, 3.8) is 0 Å². The molecule has 1 aliphatic rings. The molecule has 6 heteroatoms. The van der Waals surface area contributed by atoms with Crippen molar-refractivity contribution in [2.24, 2.45) is 0 Å². The summed E-state index contributed by atoms with van der Waals surface area (Å²) in [5.74, 6) is -0.283. The number of benzene rings is 1. The number of rotatable bonds is 6. The van der Waals surface area contributed by atoms with Crippen molar-refractivity contribution in [2.75, 3.05) is 20.3 Å². The molecule has 0 aliphatic carbocycles. The number of carbonyl (C=O) groups excluding carboxylic acids is 1. The fourth-order valence-corrected chi connectivity index (χ4v) is 2.60. The number of carboxylic acid groups (broad SMARTS) is 1. The van der Waals surface area contributed by atoms with Gasteiger partial charge in [-0.15, -0.1) is 0 Å². The summed E-state index contributed by atoms with van der Waals surface area (Å²) in [6, 6.07) is 6.23. The fourth-order valence-electron chi connectivity index (χ4n) is 2.60. The highest BCUT2D eigenvalue weighted by molar-refractivity contribution is 5.87. The van der Waals surface area contributed by atoms with Crippen molar-refractivity contribution >= 4 is 11.9 Å². The van der Waals surface area contributed by atoms with Gasteiger partial charge in [0, 0.05) is 20.1 Å². The maximum atomic E-state index is 12.0. The van der Waals surface area contributed by atoms with E-state index in [9.17, 15) is 9.59 Å². The predicted octanol–water partition coefficient (Wildman–Crippen LogP) is 1.79. The minimum atomic E-state index is -0.968. The Balaban J connectivity index is 1.96. The first-order valence-electron chi connectivity index (χ1n) is 7.33. The van der Waals surface area contributed by atoms with E-state index in [0.717, 1.165) is 6.42 Å². The highest BCUT2D eigenvalue weighted by Crippen LogP contribution is 2.22. The van der Waals surface area contributed by atoms with Gasteiger partial charge in [0.15, 0.2) is 0 Å². The summed E-state index contributed by atoms with van der Waals surface area (Å²) < 4.78 is 11.0. The number of nitrogens with zero attached hydrogens (tertiary/aromatic N) is 1. The van der Waals surface area contributed by atoms with E-state index in [2.05, 4.69) is 0 Å². The van der Waals surface area contributed by atoms with Crippen molar-refractivity contribution in [3.8, 4) is 5.75 Å². The molecule has 0 bridgehead atoms. The average molecular weight is 307 g/mol. The molecule has 1 aromatic rings. The van der Waals surface area contributed by atoms with Gasteiger partial charge in [0.1, 0.15) is 12.4 Å². The van der Waals surface area contributed by atoms with Crippen molar-refractivity contribution in [3.05, 3.63) is 29.8 Å². The molecule has 6 nitrogen and oxygen atoms in total. The molecule has 1 N–H and O–H groups in total. The van der Waals surface area contributed by atoms with E-state index in [1.54, 1.807) is 24.1 Å². The van der Waals surface area contributed by atoms with Crippen LogP contribution in [0.25, 0.3) is 0 Å². The highest BCUT2D eigenvalue weighted by atomic mass is 16.5. The minimum Gasteiger partial charge on any atom is -0.491 e. The van der Waals surface area contributed by atoms with Crippen LogP contribution < -0.4 is 4.74 Å². The van der Waals surface area contributed by atoms with Gasteiger partial charge in [-0.05, 0) is 30.7 Å². The van der Waals surface area contributed by atoms with Gasteiger partial charge < -0.3 is 19.5 Å². The number of amides is 1. The number of ether oxygens (including phenoxy) is 2. The largest absolute Gasteiger partial charge is 0.491 e. The third-order valence-electron chi connectivity index (χ3n) is 3.88. The van der Waals surface area contributed by atoms with Gasteiger partial charge >= 0.3 is 5.97 Å². The highest BCUT2D eigenvalue weighted by Gasteiger charge is 2.34. The van der Waals surface area contributed by atoms with Crippen LogP contribution in [0, 0.1) is 0 Å². The molecular weight excluding hydrogens is 286 g/mol. The van der Waals surface area contributed by atoms with Crippen molar-refractivity contribution in [1.29, 1.82) is 0 Å². The lowest BCUT2D eigenvalue weighted by Crippen LogP contribution is -2.38. The molecule has 0 unspecified atom stereocenters. The molecule has 2 rings (SSSR count). The second-order valence-corrected chi connectivity index (χ2v) is 5.29. The first-order chi connectivity index (χ1) is 10.5. The summed E-state index contributed by atoms with van der Waals surface area (Å²) in [7, 11) is 1.65. The molecule has 0 saturated carbocycles. The number of methoxy groups -OCH3 is 1. The van der Waals surface area contributed by atoms with E-state index < -0.39 is 5.97 Å². The maximum absolute atomic E-state index is 12.0. The lowest BCUT2D eigenvalue weighted by atomic mass is 10.2. The molecule has 120 valence electrons. The topological polar surface area (TPSA) is 76.1 Å². The van der Waals surface area contributed by atoms with Crippen molar-refractivity contribution in [2.45, 2.75) is 31.9 Å². The van der Waals surface area contributed by atoms with Gasteiger partial charge in [0.2, 0.25) is 5.91 Å². The molecule has 0 radical (unpaired) electrons. The third-order valence-corrected chi connectivity index (χ3v) is 3.88. The Kier molecular flexibility index (Phi) is 5.38. The van der Waals surface area contributed by atoms with E-state index >= 15 is 0 Å². The number of carboxylic acids is 1. The van der Waals surface area contributed by atoms with Crippen LogP contribution in [0.4, 0.5) is 0 Å². The SMILES string of the molecule is CCC(=O)N1C[C@H](OC)C[C@H]1COc1ccc(C(=O)O)cc1. The minimum absolute atomic E-state index is 0.0171. The van der Waals surface area contributed by atoms with Crippen LogP contribution >= 0.6 is 0 Å². The zero-order valence-electron chi connectivity index (χ0n) is 12.8. The smallest absolute Gasteiger partial charge is 0.335 e. The van der Waals surface area contributed by atoms with Crippen LogP contribution in [0.15, 0.2) is 24.3 Å². The van der Waals surface area contributed by atoms with Gasteiger partial charge in [0.25, 0.3) is 0 Å². The number of likely N-dealkylation sites (tertiary alicyclic amines) is 1. The van der Waals surface area contributed by atoms with Crippen LogP contribution in [-0.4, -0.2) is 54.3 Å². The zero-order valence-corrected chi connectivity index (χ0v) is 12.8. The molecule has 22 heavy (non-hydrogen) atoms.